The molecule has 0 aromatic carbocycles. The number of piperazine rings is 1. The lowest BCUT2D eigenvalue weighted by atomic mass is 10.2. The van der Waals surface area contributed by atoms with Crippen LogP contribution in [0.3, 0.4) is 0 Å². The molecular formula is C12H18N4O3. The number of nitrogens with zero attached hydrogens (tertiary/aromatic N) is 4. The summed E-state index contributed by atoms with van der Waals surface area (Å²) in [6, 6.07) is 1.35. The standard InChI is InChI=1S/C12H18N4O3/c1-3-16-10(8-9(13-16)12(18)19)11(17)15-6-4-14(2)5-7-15/h8H,3-7H2,1-2H3,(H,18,19). The molecule has 1 aliphatic rings. The van der Waals surface area contributed by atoms with E-state index < -0.39 is 5.97 Å². The molecule has 0 aliphatic carbocycles. The number of carboxylic acids is 1. The number of amides is 1. The van der Waals surface area contributed by atoms with Crippen molar-refractivity contribution in [3.8, 4) is 0 Å². The summed E-state index contributed by atoms with van der Waals surface area (Å²) >= 11 is 0. The Morgan fingerprint density at radius 2 is 1.95 bits per heavy atom. The Balaban J connectivity index is 2.20. The molecule has 0 spiro atoms. The molecule has 0 radical (unpaired) electrons. The first kappa shape index (κ1) is 13.5. The van der Waals surface area contributed by atoms with Crippen molar-refractivity contribution in [2.24, 2.45) is 0 Å². The number of aromatic nitrogens is 2. The van der Waals surface area contributed by atoms with E-state index in [0.29, 0.717) is 25.3 Å². The van der Waals surface area contributed by atoms with Gasteiger partial charge in [-0.1, -0.05) is 0 Å². The molecule has 1 N–H and O–H groups in total. The summed E-state index contributed by atoms with van der Waals surface area (Å²) in [4.78, 5) is 27.2. The van der Waals surface area contributed by atoms with E-state index in [-0.39, 0.29) is 11.6 Å². The van der Waals surface area contributed by atoms with E-state index in [2.05, 4.69) is 10.00 Å². The molecule has 1 amide bonds. The van der Waals surface area contributed by atoms with Crippen LogP contribution in [0.1, 0.15) is 27.9 Å². The Hall–Kier alpha value is -1.89. The first-order chi connectivity index (χ1) is 9.02. The van der Waals surface area contributed by atoms with Crippen molar-refractivity contribution in [1.82, 2.24) is 19.6 Å². The van der Waals surface area contributed by atoms with E-state index in [9.17, 15) is 9.59 Å². The lowest BCUT2D eigenvalue weighted by molar-refractivity contribution is 0.0650. The minimum absolute atomic E-state index is 0.0840. The van der Waals surface area contributed by atoms with Crippen LogP contribution in [0.5, 0.6) is 0 Å². The summed E-state index contributed by atoms with van der Waals surface area (Å²) in [5.74, 6) is -1.26. The number of rotatable bonds is 3. The zero-order chi connectivity index (χ0) is 14.0. The Bertz CT molecular complexity index is 489. The van der Waals surface area contributed by atoms with Gasteiger partial charge in [-0.25, -0.2) is 4.79 Å². The van der Waals surface area contributed by atoms with Crippen molar-refractivity contribution in [2.75, 3.05) is 33.2 Å². The van der Waals surface area contributed by atoms with Crippen molar-refractivity contribution in [2.45, 2.75) is 13.5 Å². The maximum absolute atomic E-state index is 12.4. The topological polar surface area (TPSA) is 78.7 Å². The Kier molecular flexibility index (Phi) is 3.84. The van der Waals surface area contributed by atoms with Crippen LogP contribution in [0.15, 0.2) is 6.07 Å². The van der Waals surface area contributed by atoms with Gasteiger partial charge in [0.05, 0.1) is 0 Å². The lowest BCUT2D eigenvalue weighted by Gasteiger charge is -2.32. The van der Waals surface area contributed by atoms with Gasteiger partial charge in [0.15, 0.2) is 5.69 Å². The fourth-order valence-corrected chi connectivity index (χ4v) is 2.11. The van der Waals surface area contributed by atoms with E-state index in [1.807, 2.05) is 14.0 Å². The highest BCUT2D eigenvalue weighted by molar-refractivity contribution is 5.95. The predicted octanol–water partition coefficient (Wildman–Crippen LogP) is -0.0112. The molecule has 0 unspecified atom stereocenters. The molecule has 7 nitrogen and oxygen atoms in total. The first-order valence-electron chi connectivity index (χ1n) is 6.32. The highest BCUT2D eigenvalue weighted by Crippen LogP contribution is 2.11. The largest absolute Gasteiger partial charge is 0.476 e. The molecule has 0 atom stereocenters. The van der Waals surface area contributed by atoms with Crippen LogP contribution in [-0.2, 0) is 6.54 Å². The molecule has 0 saturated carbocycles. The summed E-state index contributed by atoms with van der Waals surface area (Å²) in [6.45, 7) is 5.29. The molecular weight excluding hydrogens is 248 g/mol. The van der Waals surface area contributed by atoms with Gasteiger partial charge >= 0.3 is 5.97 Å². The zero-order valence-electron chi connectivity index (χ0n) is 11.2. The molecule has 19 heavy (non-hydrogen) atoms. The average Bonchev–Trinajstić information content (AvgIpc) is 2.83. The van der Waals surface area contributed by atoms with Crippen LogP contribution >= 0.6 is 0 Å². The van der Waals surface area contributed by atoms with Gasteiger partial charge in [-0.05, 0) is 14.0 Å². The quantitative estimate of drug-likeness (QED) is 0.832. The molecule has 1 saturated heterocycles. The number of aryl methyl sites for hydroxylation is 1. The fourth-order valence-electron chi connectivity index (χ4n) is 2.11. The number of aromatic carboxylic acids is 1. The van der Waals surface area contributed by atoms with Crippen molar-refractivity contribution in [3.63, 3.8) is 0 Å². The molecule has 2 heterocycles. The minimum Gasteiger partial charge on any atom is -0.476 e. The van der Waals surface area contributed by atoms with Gasteiger partial charge in [-0.15, -0.1) is 0 Å². The summed E-state index contributed by atoms with van der Waals surface area (Å²) in [5, 5.41) is 12.9. The van der Waals surface area contributed by atoms with E-state index >= 15 is 0 Å². The maximum atomic E-state index is 12.4. The monoisotopic (exact) mass is 266 g/mol. The van der Waals surface area contributed by atoms with Gasteiger partial charge in [0, 0.05) is 38.8 Å². The predicted molar refractivity (Wildman–Crippen MR) is 68.3 cm³/mol. The molecule has 104 valence electrons. The summed E-state index contributed by atoms with van der Waals surface area (Å²) < 4.78 is 1.45. The molecule has 7 heteroatoms. The summed E-state index contributed by atoms with van der Waals surface area (Å²) in [5.41, 5.74) is 0.267. The molecule has 1 fully saturated rings. The number of carbonyl (C=O) groups excluding carboxylic acids is 1. The van der Waals surface area contributed by atoms with Gasteiger partial charge in [0.2, 0.25) is 0 Å². The minimum atomic E-state index is -1.11. The van der Waals surface area contributed by atoms with Crippen molar-refractivity contribution in [3.05, 3.63) is 17.5 Å². The molecule has 2 rings (SSSR count). The second-order valence-electron chi connectivity index (χ2n) is 4.63. The van der Waals surface area contributed by atoms with E-state index in [4.69, 9.17) is 5.11 Å². The lowest BCUT2D eigenvalue weighted by Crippen LogP contribution is -2.47. The Morgan fingerprint density at radius 3 is 2.47 bits per heavy atom. The van der Waals surface area contributed by atoms with Gasteiger partial charge in [-0.3, -0.25) is 9.48 Å². The van der Waals surface area contributed by atoms with Crippen LogP contribution in [0.25, 0.3) is 0 Å². The van der Waals surface area contributed by atoms with E-state index in [1.54, 1.807) is 4.90 Å². The molecule has 1 aromatic rings. The van der Waals surface area contributed by atoms with Crippen LogP contribution in [0, 0.1) is 0 Å². The number of carboxylic acid groups (broad SMARTS) is 1. The molecule has 1 aromatic heterocycles. The Morgan fingerprint density at radius 1 is 1.32 bits per heavy atom. The van der Waals surface area contributed by atoms with E-state index in [1.165, 1.54) is 10.7 Å². The average molecular weight is 266 g/mol. The third-order valence-electron chi connectivity index (χ3n) is 3.31. The van der Waals surface area contributed by atoms with Crippen molar-refractivity contribution in [1.29, 1.82) is 0 Å². The third kappa shape index (κ3) is 2.76. The normalized spacial score (nSPS) is 16.6. The highest BCUT2D eigenvalue weighted by atomic mass is 16.4. The smallest absolute Gasteiger partial charge is 0.356 e. The molecule has 1 aliphatic heterocycles. The van der Waals surface area contributed by atoms with Crippen LogP contribution in [0.2, 0.25) is 0 Å². The van der Waals surface area contributed by atoms with Gasteiger partial charge < -0.3 is 14.9 Å². The number of likely N-dealkylation sites (N-methyl/N-ethyl adjacent to an activating group) is 1. The van der Waals surface area contributed by atoms with Crippen LogP contribution < -0.4 is 0 Å². The number of hydrogen-bond acceptors (Lipinski definition) is 4. The second-order valence-corrected chi connectivity index (χ2v) is 4.63. The van der Waals surface area contributed by atoms with Crippen LogP contribution in [0.4, 0.5) is 0 Å². The van der Waals surface area contributed by atoms with Gasteiger partial charge in [-0.2, -0.15) is 5.10 Å². The Labute approximate surface area is 111 Å². The second kappa shape index (κ2) is 5.40. The summed E-state index contributed by atoms with van der Waals surface area (Å²) in [6.07, 6.45) is 0. The first-order valence-corrected chi connectivity index (χ1v) is 6.32. The number of hydrogen-bond donors (Lipinski definition) is 1. The SMILES string of the molecule is CCn1nc(C(=O)O)cc1C(=O)N1CCN(C)CC1. The van der Waals surface area contributed by atoms with Crippen LogP contribution in [-0.4, -0.2) is 69.8 Å². The van der Waals surface area contributed by atoms with Crippen molar-refractivity contribution < 1.29 is 14.7 Å². The van der Waals surface area contributed by atoms with Gasteiger partial charge in [0.1, 0.15) is 5.69 Å². The fraction of sp³-hybridized carbons (Fsp3) is 0.583. The number of carbonyl (C=O) groups is 2. The van der Waals surface area contributed by atoms with E-state index in [0.717, 1.165) is 13.1 Å². The molecule has 0 bridgehead atoms. The zero-order valence-corrected chi connectivity index (χ0v) is 11.2. The van der Waals surface area contributed by atoms with Gasteiger partial charge in [0.25, 0.3) is 5.91 Å². The maximum Gasteiger partial charge on any atom is 0.356 e. The highest BCUT2D eigenvalue weighted by Gasteiger charge is 2.25. The summed E-state index contributed by atoms with van der Waals surface area (Å²) in [7, 11) is 2.01. The third-order valence-corrected chi connectivity index (χ3v) is 3.31. The van der Waals surface area contributed by atoms with Crippen molar-refractivity contribution >= 4 is 11.9 Å².